The van der Waals surface area contributed by atoms with Gasteiger partial charge < -0.3 is 9.72 Å². The summed E-state index contributed by atoms with van der Waals surface area (Å²) < 4.78 is 18.4. The number of hydrogen-bond donors (Lipinski definition) is 1. The zero-order valence-corrected chi connectivity index (χ0v) is 13.8. The number of fused-ring (bicyclic) bond motifs is 1. The van der Waals surface area contributed by atoms with Crippen LogP contribution in [-0.2, 0) is 4.74 Å². The van der Waals surface area contributed by atoms with Crippen molar-refractivity contribution in [3.8, 4) is 0 Å². The minimum Gasteiger partial charge on any atom is -0.465 e. The van der Waals surface area contributed by atoms with Crippen LogP contribution in [0.15, 0.2) is 47.3 Å². The quantitative estimate of drug-likeness (QED) is 0.726. The summed E-state index contributed by atoms with van der Waals surface area (Å²) in [6.45, 7) is 0. The number of benzene rings is 2. The summed E-state index contributed by atoms with van der Waals surface area (Å²) in [5.41, 5.74) is 0.380. The molecule has 0 spiro atoms. The highest BCUT2D eigenvalue weighted by Crippen LogP contribution is 2.21. The van der Waals surface area contributed by atoms with Crippen LogP contribution < -0.4 is 5.56 Å². The summed E-state index contributed by atoms with van der Waals surface area (Å²) in [6, 6.07) is 10.5. The third kappa shape index (κ3) is 3.44. The third-order valence-corrected chi connectivity index (χ3v) is 3.83. The molecule has 0 atom stereocenters. The van der Waals surface area contributed by atoms with Crippen molar-refractivity contribution in [1.82, 2.24) is 9.97 Å². The summed E-state index contributed by atoms with van der Waals surface area (Å²) in [4.78, 5) is 30.6. The van der Waals surface area contributed by atoms with Crippen LogP contribution in [0, 0.1) is 5.82 Å². The summed E-state index contributed by atoms with van der Waals surface area (Å²) in [5.74, 6) is -0.917. The molecule has 7 heteroatoms. The van der Waals surface area contributed by atoms with Crippen molar-refractivity contribution in [2.75, 3.05) is 7.11 Å². The Hall–Kier alpha value is -2.99. The van der Waals surface area contributed by atoms with Gasteiger partial charge in [-0.3, -0.25) is 4.79 Å². The zero-order valence-electron chi connectivity index (χ0n) is 13.0. The first-order chi connectivity index (χ1) is 12.0. The van der Waals surface area contributed by atoms with E-state index in [4.69, 9.17) is 11.6 Å². The lowest BCUT2D eigenvalue weighted by Crippen LogP contribution is -2.11. The van der Waals surface area contributed by atoms with Gasteiger partial charge in [-0.1, -0.05) is 29.8 Å². The van der Waals surface area contributed by atoms with Crippen LogP contribution >= 0.6 is 11.6 Å². The third-order valence-electron chi connectivity index (χ3n) is 3.54. The number of aromatic nitrogens is 2. The van der Waals surface area contributed by atoms with E-state index in [0.717, 1.165) is 0 Å². The molecule has 2 aromatic carbocycles. The number of ether oxygens (including phenoxy) is 1. The van der Waals surface area contributed by atoms with Gasteiger partial charge in [-0.15, -0.1) is 0 Å². The smallest absolute Gasteiger partial charge is 0.337 e. The molecule has 0 fully saturated rings. The van der Waals surface area contributed by atoms with E-state index in [-0.39, 0.29) is 27.5 Å². The largest absolute Gasteiger partial charge is 0.465 e. The number of nitrogens with zero attached hydrogens (tertiary/aromatic N) is 1. The highest BCUT2D eigenvalue weighted by atomic mass is 35.5. The number of halogens is 2. The van der Waals surface area contributed by atoms with E-state index in [1.54, 1.807) is 18.2 Å². The molecule has 0 aliphatic rings. The predicted octanol–water partition coefficient (Wildman–Crippen LogP) is 3.59. The molecule has 5 nitrogen and oxygen atoms in total. The Morgan fingerprint density at radius 3 is 2.76 bits per heavy atom. The Morgan fingerprint density at radius 1 is 1.28 bits per heavy atom. The van der Waals surface area contributed by atoms with Gasteiger partial charge in [-0.05, 0) is 30.3 Å². The minimum atomic E-state index is -0.543. The Balaban J connectivity index is 2.12. The molecule has 0 amide bonds. The number of carbonyl (C=O) groups is 1. The Morgan fingerprint density at radius 2 is 2.04 bits per heavy atom. The average Bonchev–Trinajstić information content (AvgIpc) is 2.62. The molecule has 0 saturated heterocycles. The molecule has 3 rings (SSSR count). The van der Waals surface area contributed by atoms with Crippen LogP contribution in [0.3, 0.4) is 0 Å². The lowest BCUT2D eigenvalue weighted by molar-refractivity contribution is 0.0601. The number of aromatic amines is 1. The summed E-state index contributed by atoms with van der Waals surface area (Å²) in [5, 5.41) is 0.360. The van der Waals surface area contributed by atoms with Crippen molar-refractivity contribution in [3.63, 3.8) is 0 Å². The zero-order chi connectivity index (χ0) is 18.0. The molecule has 0 saturated carbocycles. The number of nitrogens with one attached hydrogen (secondary N) is 1. The van der Waals surface area contributed by atoms with Crippen LogP contribution in [0.4, 0.5) is 4.39 Å². The van der Waals surface area contributed by atoms with Crippen molar-refractivity contribution < 1.29 is 13.9 Å². The van der Waals surface area contributed by atoms with Gasteiger partial charge in [0.15, 0.2) is 5.82 Å². The molecular formula is C18H12ClFN2O3. The summed E-state index contributed by atoms with van der Waals surface area (Å²) in [6.07, 6.45) is 1.37. The van der Waals surface area contributed by atoms with E-state index in [0.29, 0.717) is 5.39 Å². The van der Waals surface area contributed by atoms with Gasteiger partial charge in [0.1, 0.15) is 5.82 Å². The molecular weight excluding hydrogens is 347 g/mol. The van der Waals surface area contributed by atoms with Crippen LogP contribution in [-0.4, -0.2) is 23.0 Å². The second kappa shape index (κ2) is 6.86. The van der Waals surface area contributed by atoms with E-state index in [1.165, 1.54) is 37.5 Å². The number of H-pyrrole nitrogens is 1. The summed E-state index contributed by atoms with van der Waals surface area (Å²) >= 11 is 6.18. The molecule has 1 N–H and O–H groups in total. The number of carbonyl (C=O) groups excluding carboxylic acids is 1. The average molecular weight is 359 g/mol. The molecule has 0 unspecified atom stereocenters. The van der Waals surface area contributed by atoms with Gasteiger partial charge in [-0.2, -0.15) is 0 Å². The molecule has 0 bridgehead atoms. The second-order valence-corrected chi connectivity index (χ2v) is 5.56. The molecule has 1 aromatic heterocycles. The van der Waals surface area contributed by atoms with Crippen molar-refractivity contribution in [2.45, 2.75) is 0 Å². The molecule has 0 aliphatic heterocycles. The molecule has 0 aliphatic carbocycles. The van der Waals surface area contributed by atoms with Crippen LogP contribution in [0.2, 0.25) is 0 Å². The molecule has 25 heavy (non-hydrogen) atoms. The predicted molar refractivity (Wildman–Crippen MR) is 93.8 cm³/mol. The second-order valence-electron chi connectivity index (χ2n) is 5.15. The molecule has 3 aromatic rings. The van der Waals surface area contributed by atoms with E-state index in [2.05, 4.69) is 14.7 Å². The fourth-order valence-electron chi connectivity index (χ4n) is 2.29. The van der Waals surface area contributed by atoms with Crippen molar-refractivity contribution in [3.05, 3.63) is 75.6 Å². The topological polar surface area (TPSA) is 72.1 Å². The number of esters is 1. The lowest BCUT2D eigenvalue weighted by atomic mass is 10.1. The van der Waals surface area contributed by atoms with E-state index in [1.807, 2.05) is 0 Å². The standard InChI is InChI=1S/C18H12ClFN2O3/c1-25-18(24)11-6-7-12-15(9-11)21-16(22-17(12)23)13(19)8-10-4-2-3-5-14(10)20/h2-9H,1H3,(H,21,22,23). The van der Waals surface area contributed by atoms with Gasteiger partial charge >= 0.3 is 5.97 Å². The maximum atomic E-state index is 13.7. The van der Waals surface area contributed by atoms with Gasteiger partial charge in [0.2, 0.25) is 0 Å². The molecule has 126 valence electrons. The highest BCUT2D eigenvalue weighted by molar-refractivity contribution is 6.50. The monoisotopic (exact) mass is 358 g/mol. The van der Waals surface area contributed by atoms with Gasteiger partial charge in [0, 0.05) is 5.56 Å². The van der Waals surface area contributed by atoms with Crippen LogP contribution in [0.25, 0.3) is 22.0 Å². The van der Waals surface area contributed by atoms with Gasteiger partial charge in [0.05, 0.1) is 28.6 Å². The molecule has 1 heterocycles. The lowest BCUT2D eigenvalue weighted by Gasteiger charge is -2.04. The highest BCUT2D eigenvalue weighted by Gasteiger charge is 2.11. The summed E-state index contributed by atoms with van der Waals surface area (Å²) in [7, 11) is 1.26. The normalized spacial score (nSPS) is 11.6. The maximum absolute atomic E-state index is 13.7. The minimum absolute atomic E-state index is 0.0626. The first-order valence-electron chi connectivity index (χ1n) is 7.24. The fourth-order valence-corrected chi connectivity index (χ4v) is 2.50. The van der Waals surface area contributed by atoms with Crippen molar-refractivity contribution in [1.29, 1.82) is 0 Å². The Bertz CT molecular complexity index is 1060. The van der Waals surface area contributed by atoms with Crippen LogP contribution in [0.1, 0.15) is 21.7 Å². The van der Waals surface area contributed by atoms with Crippen molar-refractivity contribution in [2.24, 2.45) is 0 Å². The van der Waals surface area contributed by atoms with E-state index < -0.39 is 17.3 Å². The van der Waals surface area contributed by atoms with E-state index >= 15 is 0 Å². The number of methoxy groups -OCH3 is 1. The van der Waals surface area contributed by atoms with Crippen LogP contribution in [0.5, 0.6) is 0 Å². The number of hydrogen-bond acceptors (Lipinski definition) is 4. The first kappa shape index (κ1) is 16.9. The maximum Gasteiger partial charge on any atom is 0.337 e. The van der Waals surface area contributed by atoms with E-state index in [9.17, 15) is 14.0 Å². The SMILES string of the molecule is COC(=O)c1ccc2c(=O)[nH]c(C(Cl)=Cc3ccccc3F)nc2c1. The number of rotatable bonds is 3. The van der Waals surface area contributed by atoms with Crippen molar-refractivity contribution >= 4 is 39.6 Å². The first-order valence-corrected chi connectivity index (χ1v) is 7.62. The Kier molecular flexibility index (Phi) is 4.63. The molecule has 0 radical (unpaired) electrons. The Labute approximate surface area is 146 Å². The van der Waals surface area contributed by atoms with Gasteiger partial charge in [0.25, 0.3) is 5.56 Å². The fraction of sp³-hybridized carbons (Fsp3) is 0.0556. The van der Waals surface area contributed by atoms with Gasteiger partial charge in [-0.25, -0.2) is 14.2 Å².